The Morgan fingerprint density at radius 2 is 1.63 bits per heavy atom. The molecule has 20 heteroatoms. The first kappa shape index (κ1) is 43.4. The maximum Gasteiger partial charge on any atom is 0.329 e. The third-order valence-electron chi connectivity index (χ3n) is 11.0. The van der Waals surface area contributed by atoms with Gasteiger partial charge in [0.25, 0.3) is 0 Å². The molecule has 0 unspecified atom stereocenters. The van der Waals surface area contributed by atoms with E-state index in [1.165, 1.54) is 28.5 Å². The number of cyclic esters (lactones) is 1. The number of ether oxygens (including phenoxy) is 2. The molecule has 7 amide bonds. The molecule has 60 heavy (non-hydrogen) atoms. The number of carbonyl (C=O) groups is 7. The van der Waals surface area contributed by atoms with Gasteiger partial charge in [0.15, 0.2) is 0 Å². The molecule has 0 aliphatic carbocycles. The van der Waals surface area contributed by atoms with Crippen molar-refractivity contribution in [1.82, 2.24) is 30.7 Å². The number of halogens is 3. The number of hydrogen-bond donors (Lipinski definition) is 4. The Morgan fingerprint density at radius 1 is 0.917 bits per heavy atom. The Hall–Kier alpha value is -6.23. The van der Waals surface area contributed by atoms with Crippen LogP contribution in [0.15, 0.2) is 36.4 Å². The lowest BCUT2D eigenvalue weighted by Gasteiger charge is -2.39. The number of urea groups is 1. The van der Waals surface area contributed by atoms with Gasteiger partial charge in [0.1, 0.15) is 65.9 Å². The predicted octanol–water partition coefficient (Wildman–Crippen LogP) is 1.10. The zero-order valence-electron chi connectivity index (χ0n) is 33.0. The predicted molar refractivity (Wildman–Crippen MR) is 203 cm³/mol. The van der Waals surface area contributed by atoms with Crippen molar-refractivity contribution in [2.24, 2.45) is 5.92 Å². The highest BCUT2D eigenvalue weighted by Gasteiger charge is 2.47. The molecule has 4 aliphatic rings. The second-order valence-corrected chi connectivity index (χ2v) is 15.5. The van der Waals surface area contributed by atoms with E-state index in [2.05, 4.69) is 21.3 Å². The molecule has 8 atom stereocenters. The molecule has 0 spiro atoms. The number of hydrogen-bond acceptors (Lipinski definition) is 10. The lowest BCUT2D eigenvalue weighted by atomic mass is 10.0. The van der Waals surface area contributed by atoms with Crippen LogP contribution in [-0.2, 0) is 44.7 Å². The second kappa shape index (κ2) is 18.4. The summed E-state index contributed by atoms with van der Waals surface area (Å²) in [6, 6.07) is -1.72. The van der Waals surface area contributed by atoms with Crippen LogP contribution in [0.4, 0.5) is 23.7 Å². The number of benzene rings is 2. The average Bonchev–Trinajstić information content (AvgIpc) is 3.86. The Morgan fingerprint density at radius 3 is 2.35 bits per heavy atom. The number of nitriles is 1. The maximum absolute atomic E-state index is 14.7. The number of carbonyl (C=O) groups excluding carboxylic acids is 7. The fourth-order valence-electron chi connectivity index (χ4n) is 8.03. The Balaban J connectivity index is 1.34. The highest BCUT2D eigenvalue weighted by Crippen LogP contribution is 2.28. The highest BCUT2D eigenvalue weighted by atomic mass is 19.1. The SMILES string of the molecule is C[C@@H]1C[C@H]2C(=O)O[C@@H](C)[C@H](NC(=O)[C@H](Cc3cc(F)cc(F)c3)NC(=O)Nc3ccc(F)c(C#N)c3)C(=O)N3CCC[C@H]3C(=O)N3CCOC[C@H]3C(=O)N[C@@H](C)C(=O)N2C1. The van der Waals surface area contributed by atoms with E-state index in [1.807, 2.05) is 6.92 Å². The smallest absolute Gasteiger partial charge is 0.329 e. The van der Waals surface area contributed by atoms with E-state index in [1.54, 1.807) is 6.07 Å². The van der Waals surface area contributed by atoms with Gasteiger partial charge in [-0.3, -0.25) is 24.0 Å². The summed E-state index contributed by atoms with van der Waals surface area (Å²) in [4.78, 5) is 102. The molecule has 4 heterocycles. The summed E-state index contributed by atoms with van der Waals surface area (Å²) in [6.45, 7) is 4.72. The Kier molecular flexibility index (Phi) is 13.3. The first-order valence-electron chi connectivity index (χ1n) is 19.6. The highest BCUT2D eigenvalue weighted by molar-refractivity contribution is 5.99. The van der Waals surface area contributed by atoms with Gasteiger partial charge in [0.05, 0.1) is 18.8 Å². The summed E-state index contributed by atoms with van der Waals surface area (Å²) in [5.74, 6) is -7.64. The molecule has 0 bridgehead atoms. The van der Waals surface area contributed by atoms with Crippen molar-refractivity contribution in [2.45, 2.75) is 88.8 Å². The topological polar surface area (TPSA) is 220 Å². The molecule has 2 aromatic rings. The molecule has 4 aliphatic heterocycles. The maximum atomic E-state index is 14.7. The largest absolute Gasteiger partial charge is 0.458 e. The zero-order valence-corrected chi connectivity index (χ0v) is 33.0. The quantitative estimate of drug-likeness (QED) is 0.304. The lowest BCUT2D eigenvalue weighted by molar-refractivity contribution is -0.164. The summed E-state index contributed by atoms with van der Waals surface area (Å²) in [5, 5.41) is 19.2. The third kappa shape index (κ3) is 9.62. The van der Waals surface area contributed by atoms with Crippen LogP contribution in [0, 0.1) is 34.7 Å². The van der Waals surface area contributed by atoms with Gasteiger partial charge in [-0.1, -0.05) is 6.92 Å². The molecule has 320 valence electrons. The fraction of sp³-hybridized carbons (Fsp3) is 0.500. The monoisotopic (exact) mass is 838 g/mol. The molecule has 0 saturated carbocycles. The minimum atomic E-state index is -1.72. The molecule has 4 fully saturated rings. The zero-order chi connectivity index (χ0) is 43.4. The van der Waals surface area contributed by atoms with Crippen molar-refractivity contribution < 1.29 is 56.2 Å². The van der Waals surface area contributed by atoms with Crippen molar-refractivity contribution in [2.75, 3.05) is 38.2 Å². The third-order valence-corrected chi connectivity index (χ3v) is 11.0. The Labute approximate surface area is 342 Å². The molecule has 2 aromatic carbocycles. The molecule has 0 radical (unpaired) electrons. The van der Waals surface area contributed by atoms with Crippen LogP contribution in [0.2, 0.25) is 0 Å². The van der Waals surface area contributed by atoms with E-state index in [-0.39, 0.29) is 68.4 Å². The number of nitrogens with one attached hydrogen (secondary N) is 4. The fourth-order valence-corrected chi connectivity index (χ4v) is 8.03. The first-order chi connectivity index (χ1) is 28.5. The van der Waals surface area contributed by atoms with Gasteiger partial charge in [-0.2, -0.15) is 5.26 Å². The van der Waals surface area contributed by atoms with Gasteiger partial charge in [-0.25, -0.2) is 22.8 Å². The van der Waals surface area contributed by atoms with Gasteiger partial charge in [0, 0.05) is 37.8 Å². The molecular weight excluding hydrogens is 793 g/mol. The van der Waals surface area contributed by atoms with Crippen LogP contribution in [0.1, 0.15) is 51.2 Å². The lowest BCUT2D eigenvalue weighted by Crippen LogP contribution is -2.64. The van der Waals surface area contributed by atoms with Crippen molar-refractivity contribution in [3.63, 3.8) is 0 Å². The average molecular weight is 839 g/mol. The summed E-state index contributed by atoms with van der Waals surface area (Å²) < 4.78 is 54.0. The Bertz CT molecular complexity index is 2080. The molecule has 0 aromatic heterocycles. The van der Waals surface area contributed by atoms with Crippen molar-refractivity contribution in [1.29, 1.82) is 5.26 Å². The van der Waals surface area contributed by atoms with E-state index < -0.39 is 108 Å². The van der Waals surface area contributed by atoms with E-state index in [0.717, 1.165) is 30.3 Å². The number of morpholine rings is 1. The molecule has 4 N–H and O–H groups in total. The number of esters is 1. The molecular formula is C40H45F3N8O9. The van der Waals surface area contributed by atoms with Gasteiger partial charge < -0.3 is 45.4 Å². The van der Waals surface area contributed by atoms with Crippen LogP contribution >= 0.6 is 0 Å². The number of nitrogens with zero attached hydrogens (tertiary/aromatic N) is 4. The van der Waals surface area contributed by atoms with Gasteiger partial charge in [0.2, 0.25) is 29.5 Å². The van der Waals surface area contributed by atoms with E-state index in [9.17, 15) is 52.0 Å². The van der Waals surface area contributed by atoms with Crippen LogP contribution in [-0.4, -0.2) is 131 Å². The van der Waals surface area contributed by atoms with Crippen molar-refractivity contribution in [3.05, 3.63) is 65.0 Å². The molecule has 6 rings (SSSR count). The summed E-state index contributed by atoms with van der Waals surface area (Å²) in [5.41, 5.74) is -0.504. The summed E-state index contributed by atoms with van der Waals surface area (Å²) >= 11 is 0. The van der Waals surface area contributed by atoms with E-state index in [0.29, 0.717) is 12.5 Å². The minimum Gasteiger partial charge on any atom is -0.458 e. The van der Waals surface area contributed by atoms with Gasteiger partial charge in [-0.05, 0) is 74.9 Å². The van der Waals surface area contributed by atoms with Crippen LogP contribution in [0.25, 0.3) is 0 Å². The van der Waals surface area contributed by atoms with Crippen LogP contribution in [0.5, 0.6) is 0 Å². The number of fused-ring (bicyclic) bond motifs is 3. The standard InChI is InChI=1S/C40H45F3N8O9/c1-20-11-31-39(57)60-22(3)33(38(56)49-8-4-5-30(49)37(55)50-9-10-59-19-32(50)35(53)45-21(2)36(54)51(31)18-20)48-34(52)29(14-23-12-25(41)16-26(42)13-23)47-40(58)46-27-6-7-28(43)24(15-27)17-44/h6-7,12-13,15-16,20-22,29-33H,4-5,8-11,14,18-19H2,1-3H3,(H,45,53)(H,48,52)(H2,46,47,58)/t20-,21+,22+,29+,30+,31+,32+,33+/m1/s1. The second-order valence-electron chi connectivity index (χ2n) is 15.5. The summed E-state index contributed by atoms with van der Waals surface area (Å²) in [6.07, 6.45) is -1.27. The van der Waals surface area contributed by atoms with Gasteiger partial charge in [-0.15, -0.1) is 0 Å². The van der Waals surface area contributed by atoms with Crippen molar-refractivity contribution >= 4 is 47.2 Å². The van der Waals surface area contributed by atoms with E-state index >= 15 is 0 Å². The summed E-state index contributed by atoms with van der Waals surface area (Å²) in [7, 11) is 0. The van der Waals surface area contributed by atoms with Crippen LogP contribution < -0.4 is 21.3 Å². The van der Waals surface area contributed by atoms with Crippen molar-refractivity contribution in [3.8, 4) is 6.07 Å². The first-order valence-corrected chi connectivity index (χ1v) is 19.6. The van der Waals surface area contributed by atoms with Gasteiger partial charge >= 0.3 is 12.0 Å². The molecule has 17 nitrogen and oxygen atoms in total. The number of anilines is 1. The molecule has 4 saturated heterocycles. The van der Waals surface area contributed by atoms with Crippen LogP contribution in [0.3, 0.4) is 0 Å². The van der Waals surface area contributed by atoms with E-state index in [4.69, 9.17) is 9.47 Å². The minimum absolute atomic E-state index is 0.00348. The number of rotatable bonds is 6. The number of amides is 7. The normalized spacial score (nSPS) is 26.9.